The highest BCUT2D eigenvalue weighted by atomic mass is 19.3. The molecule has 0 fully saturated rings. The minimum absolute atomic E-state index is 0.0353. The Morgan fingerprint density at radius 3 is 2.55 bits per heavy atom. The number of alkyl halides is 2. The summed E-state index contributed by atoms with van der Waals surface area (Å²) >= 11 is 0. The zero-order valence-corrected chi connectivity index (χ0v) is 10.4. The van der Waals surface area contributed by atoms with E-state index in [-0.39, 0.29) is 12.2 Å². The van der Waals surface area contributed by atoms with Gasteiger partial charge in [0.2, 0.25) is 0 Å². The van der Waals surface area contributed by atoms with Crippen LogP contribution in [0.1, 0.15) is 18.6 Å². The van der Waals surface area contributed by atoms with Gasteiger partial charge in [-0.05, 0) is 19.1 Å². The van der Waals surface area contributed by atoms with Crippen molar-refractivity contribution in [1.82, 2.24) is 0 Å². The summed E-state index contributed by atoms with van der Waals surface area (Å²) in [5.41, 5.74) is -0.354. The molecule has 112 valence electrons. The highest BCUT2D eigenvalue weighted by Gasteiger charge is 2.30. The van der Waals surface area contributed by atoms with Crippen molar-refractivity contribution in [3.8, 4) is 5.75 Å². The summed E-state index contributed by atoms with van der Waals surface area (Å²) in [6.07, 6.45) is -3.89. The van der Waals surface area contributed by atoms with Gasteiger partial charge in [-0.2, -0.15) is 8.78 Å². The smallest absolute Gasteiger partial charge is 0.387 e. The van der Waals surface area contributed by atoms with Gasteiger partial charge >= 0.3 is 12.6 Å². The van der Waals surface area contributed by atoms with Gasteiger partial charge in [0, 0.05) is 11.6 Å². The maximum atomic E-state index is 13.0. The van der Waals surface area contributed by atoms with Gasteiger partial charge in [0.25, 0.3) is 0 Å². The number of aliphatic hydroxyl groups is 2. The van der Waals surface area contributed by atoms with Crippen LogP contribution in [0.3, 0.4) is 0 Å². The molecule has 0 aromatic heterocycles. The molecule has 2 N–H and O–H groups in total. The molecule has 0 spiro atoms. The predicted octanol–water partition coefficient (Wildman–Crippen LogP) is 1.38. The maximum Gasteiger partial charge on any atom is 0.387 e. The Morgan fingerprint density at radius 2 is 2.00 bits per heavy atom. The van der Waals surface area contributed by atoms with Crippen LogP contribution in [0.5, 0.6) is 5.75 Å². The first-order valence-electron chi connectivity index (χ1n) is 5.63. The molecule has 2 unspecified atom stereocenters. The second kappa shape index (κ2) is 7.11. The van der Waals surface area contributed by atoms with Crippen molar-refractivity contribution >= 4 is 5.97 Å². The Labute approximate surface area is 112 Å². The van der Waals surface area contributed by atoms with Gasteiger partial charge in [-0.1, -0.05) is 0 Å². The van der Waals surface area contributed by atoms with Gasteiger partial charge in [0.15, 0.2) is 6.10 Å². The van der Waals surface area contributed by atoms with Crippen LogP contribution in [0.25, 0.3) is 0 Å². The SMILES string of the molecule is CCOC(=O)C(O)C(O)c1ccc(F)cc1OC(F)F. The molecule has 2 atom stereocenters. The molecule has 0 bridgehead atoms. The summed E-state index contributed by atoms with van der Waals surface area (Å²) in [7, 11) is 0. The average molecular weight is 294 g/mol. The molecule has 0 amide bonds. The molecule has 0 saturated heterocycles. The minimum atomic E-state index is -3.25. The van der Waals surface area contributed by atoms with E-state index in [1.807, 2.05) is 0 Å². The van der Waals surface area contributed by atoms with Crippen LogP contribution < -0.4 is 4.74 Å². The summed E-state index contributed by atoms with van der Waals surface area (Å²) in [6.45, 7) is -1.80. The molecule has 0 aliphatic carbocycles. The number of hydrogen-bond acceptors (Lipinski definition) is 5. The van der Waals surface area contributed by atoms with Crippen molar-refractivity contribution in [2.75, 3.05) is 6.61 Å². The first kappa shape index (κ1) is 16.3. The highest BCUT2D eigenvalue weighted by molar-refractivity contribution is 5.75. The molecular weight excluding hydrogens is 281 g/mol. The fourth-order valence-corrected chi connectivity index (χ4v) is 1.48. The molecule has 0 aliphatic rings. The van der Waals surface area contributed by atoms with Crippen molar-refractivity contribution in [1.29, 1.82) is 0 Å². The molecule has 0 aliphatic heterocycles. The van der Waals surface area contributed by atoms with Crippen LogP contribution >= 0.6 is 0 Å². The van der Waals surface area contributed by atoms with Crippen LogP contribution in [0, 0.1) is 5.82 Å². The topological polar surface area (TPSA) is 76.0 Å². The molecule has 1 aromatic carbocycles. The standard InChI is InChI=1S/C12H13F3O5/c1-2-19-11(18)10(17)9(16)7-4-3-6(13)5-8(7)20-12(14)15/h3-5,9-10,12,16-17H,2H2,1H3. The highest BCUT2D eigenvalue weighted by Crippen LogP contribution is 2.30. The van der Waals surface area contributed by atoms with Gasteiger partial charge in [-0.25, -0.2) is 9.18 Å². The fraction of sp³-hybridized carbons (Fsp3) is 0.417. The van der Waals surface area contributed by atoms with Gasteiger partial charge in [-0.15, -0.1) is 0 Å². The molecule has 1 rings (SSSR count). The molecule has 5 nitrogen and oxygen atoms in total. The number of ether oxygens (including phenoxy) is 2. The number of hydrogen-bond donors (Lipinski definition) is 2. The third kappa shape index (κ3) is 4.10. The second-order valence-electron chi connectivity index (χ2n) is 3.70. The Kier molecular flexibility index (Phi) is 5.78. The molecule has 8 heteroatoms. The summed E-state index contributed by atoms with van der Waals surface area (Å²) in [4.78, 5) is 11.3. The fourth-order valence-electron chi connectivity index (χ4n) is 1.48. The summed E-state index contributed by atoms with van der Waals surface area (Å²) in [6, 6.07) is 2.41. The summed E-state index contributed by atoms with van der Waals surface area (Å²) in [5, 5.41) is 19.3. The lowest BCUT2D eigenvalue weighted by atomic mass is 10.0. The molecule has 0 radical (unpaired) electrons. The predicted molar refractivity (Wildman–Crippen MR) is 60.6 cm³/mol. The minimum Gasteiger partial charge on any atom is -0.464 e. The largest absolute Gasteiger partial charge is 0.464 e. The summed E-state index contributed by atoms with van der Waals surface area (Å²) in [5.74, 6) is -2.68. The Balaban J connectivity index is 3.02. The quantitative estimate of drug-likeness (QED) is 0.775. The van der Waals surface area contributed by atoms with Crippen molar-refractivity contribution < 1.29 is 37.7 Å². The van der Waals surface area contributed by atoms with Gasteiger partial charge < -0.3 is 19.7 Å². The van der Waals surface area contributed by atoms with Crippen LogP contribution in [-0.2, 0) is 9.53 Å². The number of rotatable bonds is 6. The van der Waals surface area contributed by atoms with Crippen molar-refractivity contribution in [2.24, 2.45) is 0 Å². The lowest BCUT2D eigenvalue weighted by Gasteiger charge is -2.19. The molecule has 1 aromatic rings. The molecule has 0 heterocycles. The van der Waals surface area contributed by atoms with E-state index < -0.39 is 36.4 Å². The maximum absolute atomic E-state index is 13.0. The second-order valence-corrected chi connectivity index (χ2v) is 3.70. The first-order valence-corrected chi connectivity index (χ1v) is 5.63. The van der Waals surface area contributed by atoms with Crippen LogP contribution in [0.2, 0.25) is 0 Å². The Morgan fingerprint density at radius 1 is 1.35 bits per heavy atom. The Bertz CT molecular complexity index is 466. The van der Waals surface area contributed by atoms with E-state index in [1.54, 1.807) is 0 Å². The van der Waals surface area contributed by atoms with Gasteiger partial charge in [0.1, 0.15) is 17.7 Å². The number of carbonyl (C=O) groups excluding carboxylic acids is 1. The third-order valence-electron chi connectivity index (χ3n) is 2.34. The number of esters is 1. The van der Waals surface area contributed by atoms with E-state index >= 15 is 0 Å². The first-order chi connectivity index (χ1) is 9.36. The lowest BCUT2D eigenvalue weighted by Crippen LogP contribution is -2.30. The zero-order valence-electron chi connectivity index (χ0n) is 10.4. The van der Waals surface area contributed by atoms with Crippen molar-refractivity contribution in [3.05, 3.63) is 29.6 Å². The number of halogens is 3. The normalized spacial score (nSPS) is 13.9. The number of benzene rings is 1. The van der Waals surface area contributed by atoms with Crippen LogP contribution in [0.15, 0.2) is 18.2 Å². The zero-order chi connectivity index (χ0) is 15.3. The van der Waals surface area contributed by atoms with E-state index in [1.165, 1.54) is 6.92 Å². The van der Waals surface area contributed by atoms with Gasteiger partial charge in [0.05, 0.1) is 6.61 Å². The summed E-state index contributed by atoms with van der Waals surface area (Å²) < 4.78 is 45.9. The van der Waals surface area contributed by atoms with Crippen molar-refractivity contribution in [2.45, 2.75) is 25.7 Å². The number of carbonyl (C=O) groups is 1. The van der Waals surface area contributed by atoms with E-state index in [2.05, 4.69) is 9.47 Å². The van der Waals surface area contributed by atoms with Crippen LogP contribution in [-0.4, -0.2) is 35.5 Å². The van der Waals surface area contributed by atoms with E-state index in [9.17, 15) is 28.2 Å². The van der Waals surface area contributed by atoms with Crippen molar-refractivity contribution in [3.63, 3.8) is 0 Å². The third-order valence-corrected chi connectivity index (χ3v) is 2.34. The van der Waals surface area contributed by atoms with E-state index in [0.717, 1.165) is 12.1 Å². The molecular formula is C12H13F3O5. The lowest BCUT2D eigenvalue weighted by molar-refractivity contribution is -0.159. The number of aliphatic hydroxyl groups excluding tert-OH is 2. The van der Waals surface area contributed by atoms with Gasteiger partial charge in [-0.3, -0.25) is 0 Å². The average Bonchev–Trinajstić information content (AvgIpc) is 2.37. The van der Waals surface area contributed by atoms with Crippen LogP contribution in [0.4, 0.5) is 13.2 Å². The monoisotopic (exact) mass is 294 g/mol. The Hall–Kier alpha value is -1.80. The van der Waals surface area contributed by atoms with E-state index in [4.69, 9.17) is 0 Å². The van der Waals surface area contributed by atoms with E-state index in [0.29, 0.717) is 6.07 Å². The molecule has 20 heavy (non-hydrogen) atoms. The molecule has 0 saturated carbocycles.